The van der Waals surface area contributed by atoms with Gasteiger partial charge in [0.15, 0.2) is 0 Å². The largest absolute Gasteiger partial charge is 0.480 e. The fraction of sp³-hybridized carbons (Fsp3) is 0.889. The van der Waals surface area contributed by atoms with Crippen LogP contribution in [0.2, 0.25) is 0 Å². The number of hydrogen-bond acceptors (Lipinski definition) is 4. The maximum atomic E-state index is 10.1. The van der Waals surface area contributed by atoms with Crippen LogP contribution in [0.1, 0.15) is 33.1 Å². The lowest BCUT2D eigenvalue weighted by atomic mass is 10.1. The van der Waals surface area contributed by atoms with E-state index in [0.29, 0.717) is 19.0 Å². The zero-order valence-electron chi connectivity index (χ0n) is 9.07. The molecule has 0 aliphatic rings. The third kappa shape index (κ3) is 17.4. The van der Waals surface area contributed by atoms with Crippen molar-refractivity contribution in [3.05, 3.63) is 0 Å². The summed E-state index contributed by atoms with van der Waals surface area (Å²) >= 11 is 0. The van der Waals surface area contributed by atoms with E-state index in [0.717, 1.165) is 12.8 Å². The van der Waals surface area contributed by atoms with Crippen molar-refractivity contribution in [2.45, 2.75) is 45.2 Å². The van der Waals surface area contributed by atoms with Gasteiger partial charge in [-0.1, -0.05) is 20.3 Å². The van der Waals surface area contributed by atoms with Gasteiger partial charge in [-0.3, -0.25) is 4.79 Å². The Labute approximate surface area is 85.6 Å². The van der Waals surface area contributed by atoms with Gasteiger partial charge in [0, 0.05) is 0 Å². The van der Waals surface area contributed by atoms with Gasteiger partial charge in [0.1, 0.15) is 6.04 Å². The first kappa shape index (κ1) is 15.8. The highest BCUT2D eigenvalue weighted by atomic mass is 16.4. The molecule has 0 rings (SSSR count). The first-order chi connectivity index (χ1) is 6.41. The van der Waals surface area contributed by atoms with Gasteiger partial charge in [-0.25, -0.2) is 0 Å². The second kappa shape index (κ2) is 10.4. The van der Waals surface area contributed by atoms with Gasteiger partial charge in [-0.15, -0.1) is 0 Å². The molecule has 0 saturated carbocycles. The van der Waals surface area contributed by atoms with Gasteiger partial charge >= 0.3 is 5.97 Å². The van der Waals surface area contributed by atoms with Gasteiger partial charge in [0.2, 0.25) is 0 Å². The number of nitrogens with two attached hydrogens (primary N) is 3. The van der Waals surface area contributed by atoms with E-state index in [-0.39, 0.29) is 0 Å². The Morgan fingerprint density at radius 1 is 1.29 bits per heavy atom. The van der Waals surface area contributed by atoms with E-state index in [1.807, 2.05) is 13.8 Å². The topological polar surface area (TPSA) is 115 Å². The number of hydrogen-bond donors (Lipinski definition) is 4. The molecule has 0 heterocycles. The number of rotatable bonds is 5. The van der Waals surface area contributed by atoms with E-state index in [1.165, 1.54) is 0 Å². The van der Waals surface area contributed by atoms with Crippen molar-refractivity contribution in [2.75, 3.05) is 6.54 Å². The highest BCUT2D eigenvalue weighted by Gasteiger charge is 2.09. The quantitative estimate of drug-likeness (QED) is 0.467. The summed E-state index contributed by atoms with van der Waals surface area (Å²) in [7, 11) is 0. The van der Waals surface area contributed by atoms with E-state index in [1.54, 1.807) is 0 Å². The molecule has 0 bridgehead atoms. The Morgan fingerprint density at radius 2 is 1.71 bits per heavy atom. The molecule has 0 aliphatic carbocycles. The van der Waals surface area contributed by atoms with Crippen molar-refractivity contribution >= 4 is 5.97 Å². The monoisotopic (exact) mass is 205 g/mol. The molecular formula is C9H23N3O2. The molecule has 14 heavy (non-hydrogen) atoms. The summed E-state index contributed by atoms with van der Waals surface area (Å²) in [6.07, 6.45) is 2.16. The number of unbranched alkanes of at least 4 members (excludes halogenated alkanes) is 1. The van der Waals surface area contributed by atoms with Crippen LogP contribution in [-0.2, 0) is 4.79 Å². The van der Waals surface area contributed by atoms with Crippen LogP contribution in [0.4, 0.5) is 0 Å². The summed E-state index contributed by atoms with van der Waals surface area (Å²) < 4.78 is 0. The fourth-order valence-electron chi connectivity index (χ4n) is 0.632. The molecule has 5 nitrogen and oxygen atoms in total. The smallest absolute Gasteiger partial charge is 0.320 e. The molecule has 0 spiro atoms. The lowest BCUT2D eigenvalue weighted by Gasteiger charge is -2.03. The van der Waals surface area contributed by atoms with Crippen molar-refractivity contribution in [1.82, 2.24) is 0 Å². The van der Waals surface area contributed by atoms with Gasteiger partial charge in [0.05, 0.1) is 0 Å². The number of aliphatic carboxylic acids is 1. The number of carboxylic acids is 1. The van der Waals surface area contributed by atoms with Gasteiger partial charge in [0.25, 0.3) is 0 Å². The van der Waals surface area contributed by atoms with Crippen molar-refractivity contribution in [3.63, 3.8) is 0 Å². The van der Waals surface area contributed by atoms with Crippen LogP contribution in [0, 0.1) is 0 Å². The average molecular weight is 205 g/mol. The minimum Gasteiger partial charge on any atom is -0.480 e. The standard InChI is InChI=1S/C6H14N2O2.C3H9N/c7-4-2-1-3-5(8)6(9)10;1-3(2)4/h5H,1-4,7-8H2,(H,9,10);3H,4H2,1-2H3/t5-;/m0./s1. The maximum absolute atomic E-state index is 10.1. The zero-order chi connectivity index (χ0) is 11.6. The van der Waals surface area contributed by atoms with Crippen LogP contribution in [-0.4, -0.2) is 29.7 Å². The van der Waals surface area contributed by atoms with E-state index < -0.39 is 12.0 Å². The van der Waals surface area contributed by atoms with Crippen molar-refractivity contribution < 1.29 is 9.90 Å². The third-order valence-corrected chi connectivity index (χ3v) is 1.29. The lowest BCUT2D eigenvalue weighted by Crippen LogP contribution is -2.29. The summed E-state index contributed by atoms with van der Waals surface area (Å²) in [6, 6.07) is -0.383. The van der Waals surface area contributed by atoms with E-state index in [9.17, 15) is 4.79 Å². The Kier molecular flexibility index (Phi) is 11.8. The predicted octanol–water partition coefficient (Wildman–Crippen LogP) is -0.119. The van der Waals surface area contributed by atoms with Crippen LogP contribution < -0.4 is 17.2 Å². The molecule has 0 aromatic carbocycles. The summed E-state index contributed by atoms with van der Waals surface area (Å²) in [5, 5.41) is 8.33. The summed E-state index contributed by atoms with van der Waals surface area (Å²) in [5.74, 6) is -0.933. The van der Waals surface area contributed by atoms with Crippen molar-refractivity contribution in [3.8, 4) is 0 Å². The zero-order valence-corrected chi connectivity index (χ0v) is 9.07. The SMILES string of the molecule is CC(C)N.NCCCC[C@H](N)C(=O)O. The Balaban J connectivity index is 0. The molecule has 1 atom stereocenters. The highest BCUT2D eigenvalue weighted by Crippen LogP contribution is 1.96. The molecule has 0 unspecified atom stereocenters. The van der Waals surface area contributed by atoms with Crippen molar-refractivity contribution in [2.24, 2.45) is 17.2 Å². The number of carboxylic acid groups (broad SMARTS) is 1. The third-order valence-electron chi connectivity index (χ3n) is 1.29. The van der Waals surface area contributed by atoms with E-state index in [2.05, 4.69) is 0 Å². The summed E-state index contributed by atoms with van der Waals surface area (Å²) in [6.45, 7) is 4.49. The van der Waals surface area contributed by atoms with E-state index >= 15 is 0 Å². The summed E-state index contributed by atoms with van der Waals surface area (Å²) in [4.78, 5) is 10.1. The van der Waals surface area contributed by atoms with Gasteiger partial charge in [-0.05, 0) is 25.4 Å². The molecule has 7 N–H and O–H groups in total. The van der Waals surface area contributed by atoms with Crippen LogP contribution in [0.3, 0.4) is 0 Å². The Hall–Kier alpha value is -0.650. The molecule has 0 fully saturated rings. The molecule has 0 aromatic heterocycles. The molecular weight excluding hydrogens is 182 g/mol. The minimum atomic E-state index is -0.933. The van der Waals surface area contributed by atoms with Crippen molar-refractivity contribution in [1.29, 1.82) is 0 Å². The van der Waals surface area contributed by atoms with Crippen LogP contribution in [0.5, 0.6) is 0 Å². The van der Waals surface area contributed by atoms with Crippen LogP contribution in [0.25, 0.3) is 0 Å². The normalized spacial score (nSPS) is 11.9. The fourth-order valence-corrected chi connectivity index (χ4v) is 0.632. The van der Waals surface area contributed by atoms with Crippen LogP contribution in [0.15, 0.2) is 0 Å². The molecule has 86 valence electrons. The molecule has 5 heteroatoms. The maximum Gasteiger partial charge on any atom is 0.320 e. The predicted molar refractivity (Wildman–Crippen MR) is 57.8 cm³/mol. The lowest BCUT2D eigenvalue weighted by molar-refractivity contribution is -0.138. The molecule has 0 aliphatic heterocycles. The summed E-state index contributed by atoms with van der Waals surface area (Å²) in [5.41, 5.74) is 15.5. The second-order valence-corrected chi connectivity index (χ2v) is 3.47. The highest BCUT2D eigenvalue weighted by molar-refractivity contribution is 5.72. The first-order valence-corrected chi connectivity index (χ1v) is 4.85. The van der Waals surface area contributed by atoms with Crippen LogP contribution >= 0.6 is 0 Å². The van der Waals surface area contributed by atoms with Gasteiger partial charge in [-0.2, -0.15) is 0 Å². The molecule has 0 radical (unpaired) electrons. The minimum absolute atomic E-state index is 0.333. The first-order valence-electron chi connectivity index (χ1n) is 4.85. The number of carbonyl (C=O) groups is 1. The van der Waals surface area contributed by atoms with Gasteiger partial charge < -0.3 is 22.3 Å². The molecule has 0 amide bonds. The Morgan fingerprint density at radius 3 is 2.00 bits per heavy atom. The molecule has 0 aromatic rings. The second-order valence-electron chi connectivity index (χ2n) is 3.47. The Bertz CT molecular complexity index is 137. The average Bonchev–Trinajstić information content (AvgIpc) is 2.03. The molecule has 0 saturated heterocycles. The van der Waals surface area contributed by atoms with E-state index in [4.69, 9.17) is 22.3 Å².